The van der Waals surface area contributed by atoms with Crippen molar-refractivity contribution >= 4 is 51.8 Å². The Kier molecular flexibility index (Phi) is 7.37. The van der Waals surface area contributed by atoms with Crippen molar-refractivity contribution in [3.63, 3.8) is 0 Å². The van der Waals surface area contributed by atoms with Gasteiger partial charge in [-0.05, 0) is 75.9 Å². The van der Waals surface area contributed by atoms with Crippen LogP contribution >= 0.6 is 0 Å². The lowest BCUT2D eigenvalue weighted by Crippen LogP contribution is -2.55. The first-order valence-electron chi connectivity index (χ1n) is 15.1. The van der Waals surface area contributed by atoms with Crippen molar-refractivity contribution in [1.29, 1.82) is 0 Å². The number of rotatable bonds is 7. The van der Waals surface area contributed by atoms with E-state index in [1.54, 1.807) is 6.20 Å². The van der Waals surface area contributed by atoms with Gasteiger partial charge in [-0.3, -0.25) is 9.78 Å². The van der Waals surface area contributed by atoms with E-state index >= 15 is 0 Å². The molecule has 1 fully saturated rings. The van der Waals surface area contributed by atoms with E-state index in [9.17, 15) is 18.1 Å². The van der Waals surface area contributed by atoms with Crippen LogP contribution in [-0.2, 0) is 16.9 Å². The monoisotopic (exact) mass is 635 g/mol. The van der Waals surface area contributed by atoms with Gasteiger partial charge in [0.2, 0.25) is 0 Å². The van der Waals surface area contributed by atoms with Crippen molar-refractivity contribution in [2.75, 3.05) is 0 Å². The molecule has 1 amide bonds. The minimum atomic E-state index is -3.10. The molecule has 3 aliphatic rings. The molecule has 8 nitrogen and oxygen atoms in total. The molecule has 0 saturated heterocycles. The number of pyridine rings is 1. The fourth-order valence-corrected chi connectivity index (χ4v) is 7.82. The van der Waals surface area contributed by atoms with Gasteiger partial charge in [-0.1, -0.05) is 23.4 Å². The largest absolute Gasteiger partial charge is 0.598 e. The molecule has 14 heteroatoms. The highest BCUT2D eigenvalue weighted by Gasteiger charge is 2.49. The molecule has 0 spiro atoms. The molecule has 1 unspecified atom stereocenters. The summed E-state index contributed by atoms with van der Waals surface area (Å²) in [7, 11) is 18.4. The van der Waals surface area contributed by atoms with Gasteiger partial charge in [0.1, 0.15) is 21.9 Å². The Bertz CT molecular complexity index is 1840. The number of alkyl halides is 2. The number of aromatic nitrogens is 3. The molecule has 1 aliphatic carbocycles. The number of hydrogen-bond acceptors (Lipinski definition) is 6. The summed E-state index contributed by atoms with van der Waals surface area (Å²) in [5.41, 5.74) is 3.93. The number of hydrogen-bond donors (Lipinski definition) is 1. The Morgan fingerprint density at radius 1 is 1.09 bits per heavy atom. The number of ether oxygens (including phenoxy) is 1. The van der Waals surface area contributed by atoms with Crippen molar-refractivity contribution < 1.29 is 22.9 Å². The molecule has 1 N–H and O–H groups in total. The van der Waals surface area contributed by atoms with E-state index < -0.39 is 51.5 Å². The second-order valence-electron chi connectivity index (χ2n) is 13.3. The van der Waals surface area contributed by atoms with Gasteiger partial charge in [-0.15, -0.1) is 4.72 Å². The average molecular weight is 635 g/mol. The maximum atomic E-state index is 13.8. The van der Waals surface area contributed by atoms with E-state index in [1.807, 2.05) is 55.7 Å². The number of fused-ring (bicyclic) bond motifs is 9. The van der Waals surface area contributed by atoms with Gasteiger partial charge in [-0.25, -0.2) is 4.98 Å². The predicted octanol–water partition coefficient (Wildman–Crippen LogP) is 4.74. The summed E-state index contributed by atoms with van der Waals surface area (Å²) < 4.78 is 49.8. The van der Waals surface area contributed by atoms with Gasteiger partial charge in [0.25, 0.3) is 5.91 Å². The lowest BCUT2D eigenvalue weighted by atomic mass is 9.48. The summed E-state index contributed by atoms with van der Waals surface area (Å²) in [6, 6.07) is 12.9. The van der Waals surface area contributed by atoms with Crippen LogP contribution in [-0.4, -0.2) is 70.0 Å². The molecule has 2 aliphatic heterocycles. The molecule has 2 aromatic carbocycles. The van der Waals surface area contributed by atoms with Gasteiger partial charge >= 0.3 is 6.61 Å². The van der Waals surface area contributed by atoms with Crippen molar-refractivity contribution in [3.8, 4) is 16.9 Å². The SMILES string of the molecule is [B]C([B])([B])N1C(=O)c2cccc(OC(F)F)c2[C@H]2C[C@@H]1c1nc3ccc(-c4ccc(C5(N[S+]([O-])C(C)(C)C)CCC5)nc4)cc3n12. The molecule has 46 heavy (non-hydrogen) atoms. The first kappa shape index (κ1) is 31.3. The van der Waals surface area contributed by atoms with Crippen LogP contribution in [0.5, 0.6) is 5.75 Å². The van der Waals surface area contributed by atoms with Gasteiger partial charge < -0.3 is 18.8 Å². The fourth-order valence-electron chi connectivity index (χ4n) is 6.85. The normalized spacial score (nSPS) is 21.1. The number of carbonyl (C=O) groups excluding carboxylic acids is 1. The third-order valence-electron chi connectivity index (χ3n) is 9.21. The van der Waals surface area contributed by atoms with Crippen LogP contribution in [0, 0.1) is 0 Å². The van der Waals surface area contributed by atoms with Gasteiger partial charge in [0.15, 0.2) is 0 Å². The zero-order valence-electron chi connectivity index (χ0n) is 25.7. The second kappa shape index (κ2) is 10.9. The first-order valence-corrected chi connectivity index (χ1v) is 16.3. The summed E-state index contributed by atoms with van der Waals surface area (Å²) in [5.74, 6) is -0.211. The summed E-state index contributed by atoms with van der Waals surface area (Å²) >= 11 is -1.24. The highest BCUT2D eigenvalue weighted by molar-refractivity contribution is 7.90. The van der Waals surface area contributed by atoms with E-state index in [1.165, 1.54) is 23.1 Å². The maximum Gasteiger partial charge on any atom is 0.387 e. The zero-order valence-corrected chi connectivity index (χ0v) is 26.5. The van der Waals surface area contributed by atoms with E-state index in [0.717, 1.165) is 41.6 Å². The van der Waals surface area contributed by atoms with Crippen molar-refractivity contribution in [1.82, 2.24) is 24.2 Å². The standard InChI is InChI=1S/C32H30B3F2N5O3S/c1-30(2,3)46(44)40-31(12-5-13-31)25-11-9-18(16-38-25)17-8-10-20-21(14-17)41-22-15-23(27(41)39-20)42(32(33,34)35)28(43)19-6-4-7-24(26(19)22)45-29(36)37/h4,6-11,14,16,22-23,29,40H,5,12-13,15H2,1-3H3/t22-,23-,46?/m1/s1. The Morgan fingerprint density at radius 3 is 2.43 bits per heavy atom. The molecule has 7 rings (SSSR count). The number of benzene rings is 2. The van der Waals surface area contributed by atoms with Crippen molar-refractivity contribution in [2.45, 2.75) is 80.7 Å². The third kappa shape index (κ3) is 5.04. The van der Waals surface area contributed by atoms with E-state index in [-0.39, 0.29) is 17.7 Å². The lowest BCUT2D eigenvalue weighted by molar-refractivity contribution is -0.0507. The molecule has 4 heterocycles. The quantitative estimate of drug-likeness (QED) is 0.233. The van der Waals surface area contributed by atoms with Crippen molar-refractivity contribution in [3.05, 3.63) is 77.4 Å². The Labute approximate surface area is 273 Å². The predicted molar refractivity (Wildman–Crippen MR) is 174 cm³/mol. The highest BCUT2D eigenvalue weighted by atomic mass is 32.2. The smallest absolute Gasteiger partial charge is 0.387 e. The van der Waals surface area contributed by atoms with Crippen LogP contribution in [0.15, 0.2) is 54.7 Å². The van der Waals surface area contributed by atoms with E-state index in [2.05, 4.69) is 4.72 Å². The third-order valence-corrected chi connectivity index (χ3v) is 10.9. The summed E-state index contributed by atoms with van der Waals surface area (Å²) in [6.07, 6.45) is 4.80. The zero-order chi connectivity index (χ0) is 32.8. The molecule has 4 aromatic rings. The summed E-state index contributed by atoms with van der Waals surface area (Å²) in [6.45, 7) is 2.73. The van der Waals surface area contributed by atoms with Crippen LogP contribution in [0.1, 0.15) is 86.0 Å². The Morgan fingerprint density at radius 2 is 1.83 bits per heavy atom. The highest BCUT2D eigenvalue weighted by Crippen LogP contribution is 2.51. The van der Waals surface area contributed by atoms with E-state index in [4.69, 9.17) is 38.2 Å². The molecule has 2 bridgehead atoms. The Hall–Kier alpha value is -3.35. The van der Waals surface area contributed by atoms with Gasteiger partial charge in [-0.2, -0.15) is 8.78 Å². The Balaban J connectivity index is 1.31. The van der Waals surface area contributed by atoms with Crippen LogP contribution in [0.25, 0.3) is 22.2 Å². The number of imidazole rings is 1. The fraction of sp³-hybridized carbons (Fsp3) is 0.406. The topological polar surface area (TPSA) is 95.3 Å². The molecule has 230 valence electrons. The minimum absolute atomic E-state index is 0.111. The summed E-state index contributed by atoms with van der Waals surface area (Å²) in [4.78, 5) is 24.6. The number of amides is 1. The molecular weight excluding hydrogens is 605 g/mol. The maximum absolute atomic E-state index is 13.8. The van der Waals surface area contributed by atoms with Crippen LogP contribution in [0.3, 0.4) is 0 Å². The molecule has 3 atom stereocenters. The second-order valence-corrected chi connectivity index (χ2v) is 15.3. The molecular formula is C32H30B3F2N5O3S. The van der Waals surface area contributed by atoms with E-state index in [0.29, 0.717) is 16.9 Å². The lowest BCUT2D eigenvalue weighted by Gasteiger charge is -2.43. The molecule has 2 aromatic heterocycles. The molecule has 1 saturated carbocycles. The van der Waals surface area contributed by atoms with Crippen LogP contribution < -0.4 is 9.46 Å². The number of nitrogens with zero attached hydrogens (tertiary/aromatic N) is 4. The minimum Gasteiger partial charge on any atom is -0.598 e. The number of carbonyl (C=O) groups is 1. The number of nitrogens with one attached hydrogen (secondary N) is 1. The number of halogens is 2. The van der Waals surface area contributed by atoms with Gasteiger partial charge in [0.05, 0.1) is 52.3 Å². The average Bonchev–Trinajstić information content (AvgIpc) is 3.46. The summed E-state index contributed by atoms with van der Waals surface area (Å²) in [5, 5.41) is -2.05. The van der Waals surface area contributed by atoms with Crippen molar-refractivity contribution in [2.24, 2.45) is 0 Å². The first-order chi connectivity index (χ1) is 21.7. The van der Waals surface area contributed by atoms with Gasteiger partial charge in [0, 0.05) is 40.7 Å². The molecule has 6 radical (unpaired) electrons. The van der Waals surface area contributed by atoms with Crippen LogP contribution in [0.2, 0.25) is 0 Å². The van der Waals surface area contributed by atoms with Crippen LogP contribution in [0.4, 0.5) is 8.78 Å².